The van der Waals surface area contributed by atoms with Gasteiger partial charge in [-0.05, 0) is 18.1 Å². The molecule has 0 spiro atoms. The maximum Gasteiger partial charge on any atom is 0.129 e. The van der Waals surface area contributed by atoms with Crippen LogP contribution in [-0.4, -0.2) is 23.6 Å². The number of amidine groups is 1. The summed E-state index contributed by atoms with van der Waals surface area (Å²) in [6.07, 6.45) is 6.24. The first kappa shape index (κ1) is 18.6. The van der Waals surface area contributed by atoms with E-state index in [-0.39, 0.29) is 11.5 Å². The Morgan fingerprint density at radius 1 is 1.20 bits per heavy atom. The van der Waals surface area contributed by atoms with Crippen LogP contribution in [0.1, 0.15) is 24.5 Å². The first-order valence-electron chi connectivity index (χ1n) is 7.97. The number of nitrogens with one attached hydrogen (secondary N) is 1. The van der Waals surface area contributed by atoms with Crippen LogP contribution in [0.5, 0.6) is 0 Å². The van der Waals surface area contributed by atoms with Crippen LogP contribution in [0.2, 0.25) is 0 Å². The van der Waals surface area contributed by atoms with E-state index in [0.717, 1.165) is 23.1 Å². The van der Waals surface area contributed by atoms with Gasteiger partial charge in [-0.1, -0.05) is 61.0 Å². The number of pyridine rings is 1. The van der Waals surface area contributed by atoms with Crippen LogP contribution in [0.25, 0.3) is 5.57 Å². The first-order chi connectivity index (χ1) is 12.1. The van der Waals surface area contributed by atoms with Gasteiger partial charge < -0.3 is 5.73 Å². The summed E-state index contributed by atoms with van der Waals surface area (Å²) in [7, 11) is 1.59. The van der Waals surface area contributed by atoms with Gasteiger partial charge in [0.25, 0.3) is 0 Å². The second-order valence-electron chi connectivity index (χ2n) is 5.31. The van der Waals surface area contributed by atoms with E-state index in [9.17, 15) is 0 Å². The molecular weight excluding hydrogens is 332 g/mol. The molecule has 0 aliphatic rings. The van der Waals surface area contributed by atoms with Crippen molar-refractivity contribution in [1.29, 1.82) is 5.41 Å². The molecule has 1 aromatic carbocycles. The van der Waals surface area contributed by atoms with Crippen molar-refractivity contribution in [3.8, 4) is 0 Å². The number of hydrogen-bond acceptors (Lipinski definition) is 3. The lowest BCUT2D eigenvalue weighted by Gasteiger charge is -2.15. The lowest BCUT2D eigenvalue weighted by molar-refractivity contribution is 1.22. The van der Waals surface area contributed by atoms with Crippen molar-refractivity contribution in [1.82, 2.24) is 4.98 Å². The number of nitrogens with zero attached hydrogens (tertiary/aromatic N) is 2. The minimum absolute atomic E-state index is 0.227. The zero-order valence-electron chi connectivity index (χ0n) is 14.3. The average Bonchev–Trinajstić information content (AvgIpc) is 2.67. The summed E-state index contributed by atoms with van der Waals surface area (Å²) in [6.45, 7) is 2.03. The van der Waals surface area contributed by atoms with Crippen molar-refractivity contribution in [2.45, 2.75) is 13.3 Å². The smallest absolute Gasteiger partial charge is 0.129 e. The number of aliphatic imine (C=N–C) groups is 1. The molecule has 0 bridgehead atoms. The number of allylic oxidation sites excluding steroid dienone is 3. The molecule has 25 heavy (non-hydrogen) atoms. The van der Waals surface area contributed by atoms with Crippen LogP contribution in [0.3, 0.4) is 0 Å². The Morgan fingerprint density at radius 3 is 2.44 bits per heavy atom. The summed E-state index contributed by atoms with van der Waals surface area (Å²) in [5.41, 5.74) is 9.13. The first-order valence-corrected chi connectivity index (χ1v) is 8.35. The quantitative estimate of drug-likeness (QED) is 0.458. The fourth-order valence-corrected chi connectivity index (χ4v) is 2.78. The van der Waals surface area contributed by atoms with Crippen LogP contribution in [0.4, 0.5) is 0 Å². The van der Waals surface area contributed by atoms with Crippen LogP contribution >= 0.6 is 11.6 Å². The van der Waals surface area contributed by atoms with E-state index < -0.39 is 0 Å². The van der Waals surface area contributed by atoms with E-state index in [1.54, 1.807) is 19.4 Å². The SMILES string of the molecule is CC/C=C(/C(Cl)=C(C(=N)c1ccccc1)\C(N)=N/C)c1cccnc1. The summed E-state index contributed by atoms with van der Waals surface area (Å²) < 4.78 is 0. The number of nitrogens with two attached hydrogens (primary N) is 1. The Kier molecular flexibility index (Phi) is 6.66. The normalized spacial score (nSPS) is 13.4. The van der Waals surface area contributed by atoms with Gasteiger partial charge in [0.15, 0.2) is 0 Å². The molecule has 0 fully saturated rings. The molecule has 1 heterocycles. The molecule has 0 unspecified atom stereocenters. The Morgan fingerprint density at radius 2 is 1.88 bits per heavy atom. The van der Waals surface area contributed by atoms with Crippen LogP contribution in [-0.2, 0) is 0 Å². The summed E-state index contributed by atoms with van der Waals surface area (Å²) in [6, 6.07) is 13.1. The van der Waals surface area contributed by atoms with Gasteiger partial charge in [0.2, 0.25) is 0 Å². The highest BCUT2D eigenvalue weighted by Gasteiger charge is 2.19. The van der Waals surface area contributed by atoms with Crippen LogP contribution < -0.4 is 5.73 Å². The van der Waals surface area contributed by atoms with Gasteiger partial charge in [-0.3, -0.25) is 15.4 Å². The molecule has 3 N–H and O–H groups in total. The van der Waals surface area contributed by atoms with E-state index in [1.165, 1.54) is 0 Å². The molecule has 2 aromatic rings. The fraction of sp³-hybridized carbons (Fsp3) is 0.150. The van der Waals surface area contributed by atoms with Gasteiger partial charge in [-0.25, -0.2) is 0 Å². The lowest BCUT2D eigenvalue weighted by Crippen LogP contribution is -2.23. The third-order valence-corrected chi connectivity index (χ3v) is 4.04. The summed E-state index contributed by atoms with van der Waals surface area (Å²) in [5.74, 6) is 0.227. The summed E-state index contributed by atoms with van der Waals surface area (Å²) in [4.78, 5) is 8.22. The number of rotatable bonds is 6. The average molecular weight is 353 g/mol. The topological polar surface area (TPSA) is 75.1 Å². The fourth-order valence-electron chi connectivity index (χ4n) is 2.41. The maximum atomic E-state index is 8.59. The number of benzene rings is 1. The van der Waals surface area contributed by atoms with E-state index >= 15 is 0 Å². The molecule has 1 aromatic heterocycles. The van der Waals surface area contributed by atoms with Gasteiger partial charge in [0.1, 0.15) is 5.84 Å². The van der Waals surface area contributed by atoms with Gasteiger partial charge in [0.05, 0.1) is 16.3 Å². The predicted octanol–water partition coefficient (Wildman–Crippen LogP) is 4.42. The standard InChI is InChI=1S/C20H21ClN4/c1-3-8-16(15-11-7-12-25-13-15)18(21)17(20(23)24-2)19(22)14-9-5-4-6-10-14/h4-13,22H,3H2,1-2H3,(H2,23,24)/b16-8+,18-17+,22-19?. The monoisotopic (exact) mass is 352 g/mol. The van der Waals surface area contributed by atoms with Gasteiger partial charge in [0, 0.05) is 30.6 Å². The van der Waals surface area contributed by atoms with Crippen molar-refractivity contribution in [3.05, 3.63) is 82.7 Å². The van der Waals surface area contributed by atoms with Gasteiger partial charge >= 0.3 is 0 Å². The van der Waals surface area contributed by atoms with Crippen molar-refractivity contribution >= 4 is 28.7 Å². The van der Waals surface area contributed by atoms with Crippen molar-refractivity contribution in [2.75, 3.05) is 7.05 Å². The van der Waals surface area contributed by atoms with Crippen LogP contribution in [0.15, 0.2) is 76.5 Å². The molecule has 0 atom stereocenters. The highest BCUT2D eigenvalue weighted by Crippen LogP contribution is 2.30. The summed E-state index contributed by atoms with van der Waals surface area (Å²) >= 11 is 6.73. The molecule has 0 amide bonds. The van der Waals surface area contributed by atoms with E-state index in [2.05, 4.69) is 9.98 Å². The van der Waals surface area contributed by atoms with Gasteiger partial charge in [-0.15, -0.1) is 0 Å². The Labute approximate surface area is 153 Å². The largest absolute Gasteiger partial charge is 0.383 e. The molecule has 0 aliphatic carbocycles. The second kappa shape index (κ2) is 8.94. The Bertz CT molecular complexity index is 821. The minimum Gasteiger partial charge on any atom is -0.383 e. The second-order valence-corrected chi connectivity index (χ2v) is 5.68. The Hall–Kier alpha value is -2.72. The third-order valence-electron chi connectivity index (χ3n) is 3.65. The highest BCUT2D eigenvalue weighted by molar-refractivity contribution is 6.44. The van der Waals surface area contributed by atoms with Crippen molar-refractivity contribution < 1.29 is 0 Å². The maximum absolute atomic E-state index is 8.59. The van der Waals surface area contributed by atoms with Crippen LogP contribution in [0, 0.1) is 5.41 Å². The number of halogens is 1. The van der Waals surface area contributed by atoms with Crippen molar-refractivity contribution in [3.63, 3.8) is 0 Å². The van der Waals surface area contributed by atoms with Gasteiger partial charge in [-0.2, -0.15) is 0 Å². The highest BCUT2D eigenvalue weighted by atomic mass is 35.5. The molecule has 2 rings (SSSR count). The minimum atomic E-state index is 0.227. The summed E-state index contributed by atoms with van der Waals surface area (Å²) in [5, 5.41) is 8.99. The number of hydrogen-bond donors (Lipinski definition) is 2. The van der Waals surface area contributed by atoms with Crippen molar-refractivity contribution in [2.24, 2.45) is 10.7 Å². The molecule has 5 heteroatoms. The van der Waals surface area contributed by atoms with E-state index in [4.69, 9.17) is 22.7 Å². The molecule has 0 saturated carbocycles. The lowest BCUT2D eigenvalue weighted by atomic mass is 9.96. The third kappa shape index (κ3) is 4.43. The molecule has 4 nitrogen and oxygen atoms in total. The molecule has 0 saturated heterocycles. The number of aromatic nitrogens is 1. The molecule has 0 aliphatic heterocycles. The molecule has 0 radical (unpaired) electrons. The zero-order chi connectivity index (χ0) is 18.2. The predicted molar refractivity (Wildman–Crippen MR) is 106 cm³/mol. The molecular formula is C20H21ClN4. The van der Waals surface area contributed by atoms with E-state index in [0.29, 0.717) is 10.6 Å². The molecule has 128 valence electrons. The Balaban J connectivity index is 2.65. The zero-order valence-corrected chi connectivity index (χ0v) is 15.1. The van der Waals surface area contributed by atoms with E-state index in [1.807, 2.05) is 55.5 Å².